The highest BCUT2D eigenvalue weighted by Crippen LogP contribution is 2.36. The number of hydrogen-bond donors (Lipinski definition) is 0. The fourth-order valence-corrected chi connectivity index (χ4v) is 4.49. The van der Waals surface area contributed by atoms with Gasteiger partial charge in [-0.1, -0.05) is 59.6 Å². The molecule has 0 fully saturated rings. The average Bonchev–Trinajstić information content (AvgIpc) is 3.32. The molecule has 0 aliphatic rings. The van der Waals surface area contributed by atoms with Crippen LogP contribution in [0.4, 0.5) is 0 Å². The summed E-state index contributed by atoms with van der Waals surface area (Å²) >= 11 is 12.3. The van der Waals surface area contributed by atoms with Gasteiger partial charge >= 0.3 is 5.97 Å². The number of esters is 1. The number of halogens is 2. The summed E-state index contributed by atoms with van der Waals surface area (Å²) in [5, 5.41) is 1.47. The molecule has 188 valence electrons. The van der Waals surface area contributed by atoms with Gasteiger partial charge in [0.15, 0.2) is 5.78 Å². The third kappa shape index (κ3) is 5.21. The summed E-state index contributed by atoms with van der Waals surface area (Å²) in [4.78, 5) is 26.1. The molecule has 0 saturated heterocycles. The summed E-state index contributed by atoms with van der Waals surface area (Å²) in [6.07, 6.45) is 2.97. The van der Waals surface area contributed by atoms with Crippen molar-refractivity contribution in [1.82, 2.24) is 0 Å². The number of fused-ring (bicyclic) bond motifs is 1. The van der Waals surface area contributed by atoms with Gasteiger partial charge in [0.1, 0.15) is 28.4 Å². The van der Waals surface area contributed by atoms with Crippen molar-refractivity contribution in [3.63, 3.8) is 0 Å². The van der Waals surface area contributed by atoms with Crippen LogP contribution in [-0.2, 0) is 0 Å². The first kappa shape index (κ1) is 25.3. The minimum atomic E-state index is -0.594. The predicted octanol–water partition coefficient (Wildman–Crippen LogP) is 8.53. The number of benzene rings is 4. The first-order valence-electron chi connectivity index (χ1n) is 11.6. The van der Waals surface area contributed by atoms with E-state index in [0.717, 1.165) is 5.56 Å². The van der Waals surface area contributed by atoms with Gasteiger partial charge in [0, 0.05) is 32.1 Å². The molecule has 0 unspecified atom stereocenters. The number of ether oxygens (including phenoxy) is 2. The molecule has 1 aromatic heterocycles. The van der Waals surface area contributed by atoms with Crippen molar-refractivity contribution < 1.29 is 23.5 Å². The lowest BCUT2D eigenvalue weighted by Crippen LogP contribution is -2.09. The molecule has 38 heavy (non-hydrogen) atoms. The van der Waals surface area contributed by atoms with Crippen LogP contribution in [0.25, 0.3) is 28.4 Å². The highest BCUT2D eigenvalue weighted by atomic mass is 35.5. The number of ketones is 1. The second-order valence-electron chi connectivity index (χ2n) is 8.28. The first-order valence-corrected chi connectivity index (χ1v) is 12.3. The molecular weight excluding hydrogens is 523 g/mol. The van der Waals surface area contributed by atoms with Crippen molar-refractivity contribution in [1.29, 1.82) is 0 Å². The fourth-order valence-electron chi connectivity index (χ4n) is 3.97. The number of carbonyl (C=O) groups is 2. The summed E-state index contributed by atoms with van der Waals surface area (Å²) in [5.41, 5.74) is 2.52. The number of rotatable bonds is 7. The van der Waals surface area contributed by atoms with Gasteiger partial charge in [-0.25, -0.2) is 4.79 Å². The number of hydrogen-bond acceptors (Lipinski definition) is 5. The second-order valence-corrected chi connectivity index (χ2v) is 9.10. The van der Waals surface area contributed by atoms with Crippen molar-refractivity contribution >= 4 is 52.0 Å². The number of carbonyl (C=O) groups excluding carboxylic acids is 2. The Hall–Kier alpha value is -4.32. The van der Waals surface area contributed by atoms with Crippen molar-refractivity contribution in [3.05, 3.63) is 124 Å². The highest BCUT2D eigenvalue weighted by Gasteiger charge is 2.24. The average molecular weight is 543 g/mol. The summed E-state index contributed by atoms with van der Waals surface area (Å²) in [6, 6.07) is 26.0. The smallest absolute Gasteiger partial charge is 0.348 e. The lowest BCUT2D eigenvalue weighted by Gasteiger charge is -2.07. The van der Waals surface area contributed by atoms with Gasteiger partial charge in [-0.05, 0) is 66.7 Å². The summed E-state index contributed by atoms with van der Waals surface area (Å²) in [7, 11) is 1.55. The van der Waals surface area contributed by atoms with E-state index in [4.69, 9.17) is 37.1 Å². The van der Waals surface area contributed by atoms with E-state index in [9.17, 15) is 9.59 Å². The maximum atomic E-state index is 13.4. The maximum absolute atomic E-state index is 13.4. The monoisotopic (exact) mass is 542 g/mol. The molecule has 7 heteroatoms. The summed E-state index contributed by atoms with van der Waals surface area (Å²) < 4.78 is 17.1. The van der Waals surface area contributed by atoms with E-state index in [0.29, 0.717) is 43.7 Å². The van der Waals surface area contributed by atoms with Crippen LogP contribution < -0.4 is 9.47 Å². The van der Waals surface area contributed by atoms with E-state index in [2.05, 4.69) is 0 Å². The quantitative estimate of drug-likeness (QED) is 0.0891. The minimum absolute atomic E-state index is 0.252. The molecule has 0 aliphatic heterocycles. The third-order valence-corrected chi connectivity index (χ3v) is 6.54. The number of furan rings is 1. The first-order chi connectivity index (χ1) is 18.4. The SMILES string of the molecule is COc1ccc2oc(-c3ccccc3)c(C(=O)Oc3ccc(C(=O)C=Cc4c(Cl)cccc4Cl)cc3)c2c1. The van der Waals surface area contributed by atoms with Crippen LogP contribution in [0.5, 0.6) is 11.5 Å². The Balaban J connectivity index is 1.40. The van der Waals surface area contributed by atoms with Gasteiger partial charge < -0.3 is 13.9 Å². The van der Waals surface area contributed by atoms with Crippen molar-refractivity contribution in [2.24, 2.45) is 0 Å². The molecule has 5 rings (SSSR count). The highest BCUT2D eigenvalue weighted by molar-refractivity contribution is 6.37. The molecule has 0 aliphatic carbocycles. The van der Waals surface area contributed by atoms with Gasteiger partial charge in [-0.15, -0.1) is 0 Å². The van der Waals surface area contributed by atoms with E-state index < -0.39 is 5.97 Å². The zero-order valence-corrected chi connectivity index (χ0v) is 21.6. The Bertz CT molecular complexity index is 1650. The Morgan fingerprint density at radius 3 is 2.18 bits per heavy atom. The molecule has 0 atom stereocenters. The molecule has 0 spiro atoms. The molecule has 0 saturated carbocycles. The number of allylic oxidation sites excluding steroid dienone is 1. The summed E-state index contributed by atoms with van der Waals surface area (Å²) in [6.45, 7) is 0. The van der Waals surface area contributed by atoms with Gasteiger partial charge in [0.05, 0.1) is 7.11 Å². The molecule has 0 amide bonds. The molecule has 5 nitrogen and oxygen atoms in total. The minimum Gasteiger partial charge on any atom is -0.497 e. The zero-order valence-electron chi connectivity index (χ0n) is 20.1. The fraction of sp³-hybridized carbons (Fsp3) is 0.0323. The largest absolute Gasteiger partial charge is 0.497 e. The molecule has 1 heterocycles. The number of methoxy groups -OCH3 is 1. The Kier molecular flexibility index (Phi) is 7.31. The lowest BCUT2D eigenvalue weighted by atomic mass is 10.1. The molecule has 5 aromatic rings. The molecule has 0 N–H and O–H groups in total. The molecule has 4 aromatic carbocycles. The van der Waals surface area contributed by atoms with Crippen LogP contribution in [-0.4, -0.2) is 18.9 Å². The molecular formula is C31H20Cl2O5. The van der Waals surface area contributed by atoms with E-state index in [1.54, 1.807) is 73.8 Å². The van der Waals surface area contributed by atoms with Crippen LogP contribution in [0.15, 0.2) is 101 Å². The Morgan fingerprint density at radius 2 is 1.50 bits per heavy atom. The lowest BCUT2D eigenvalue weighted by molar-refractivity contribution is 0.0737. The van der Waals surface area contributed by atoms with Crippen LogP contribution in [0.2, 0.25) is 10.0 Å². The van der Waals surface area contributed by atoms with Crippen LogP contribution in [0.3, 0.4) is 0 Å². The third-order valence-electron chi connectivity index (χ3n) is 5.89. The normalized spacial score (nSPS) is 11.1. The summed E-state index contributed by atoms with van der Waals surface area (Å²) in [5.74, 6) is 0.414. The van der Waals surface area contributed by atoms with Gasteiger partial charge in [-0.2, -0.15) is 0 Å². The van der Waals surface area contributed by atoms with E-state index in [1.165, 1.54) is 6.08 Å². The second kappa shape index (κ2) is 11.0. The van der Waals surface area contributed by atoms with Gasteiger partial charge in [-0.3, -0.25) is 4.79 Å². The van der Waals surface area contributed by atoms with Crippen LogP contribution >= 0.6 is 23.2 Å². The van der Waals surface area contributed by atoms with Crippen molar-refractivity contribution in [2.45, 2.75) is 0 Å². The van der Waals surface area contributed by atoms with Crippen molar-refractivity contribution in [3.8, 4) is 22.8 Å². The maximum Gasteiger partial charge on any atom is 0.348 e. The van der Waals surface area contributed by atoms with E-state index in [1.807, 2.05) is 30.3 Å². The predicted molar refractivity (Wildman–Crippen MR) is 149 cm³/mol. The Morgan fingerprint density at radius 1 is 0.816 bits per heavy atom. The topological polar surface area (TPSA) is 65.7 Å². The molecule has 0 bridgehead atoms. The zero-order chi connectivity index (χ0) is 26.6. The van der Waals surface area contributed by atoms with Crippen LogP contribution in [0, 0.1) is 0 Å². The van der Waals surface area contributed by atoms with Crippen LogP contribution in [0.1, 0.15) is 26.3 Å². The standard InChI is InChI=1S/C31H20Cl2O5/c1-36-22-14-17-28-24(18-22)29(30(38-28)20-6-3-2-4-7-20)31(35)37-21-12-10-19(11-13-21)27(34)16-15-23-25(32)8-5-9-26(23)33/h2-18H,1H3. The van der Waals surface area contributed by atoms with Gasteiger partial charge in [0.2, 0.25) is 0 Å². The van der Waals surface area contributed by atoms with Gasteiger partial charge in [0.25, 0.3) is 0 Å². The Labute approximate surface area is 228 Å². The van der Waals surface area contributed by atoms with E-state index in [-0.39, 0.29) is 17.1 Å². The van der Waals surface area contributed by atoms with E-state index >= 15 is 0 Å². The van der Waals surface area contributed by atoms with Crippen molar-refractivity contribution in [2.75, 3.05) is 7.11 Å². The molecule has 0 radical (unpaired) electrons.